The zero-order valence-electron chi connectivity index (χ0n) is 12.2. The Bertz CT molecular complexity index is 611. The molecule has 1 fully saturated rings. The average molecular weight is 287 g/mol. The lowest BCUT2D eigenvalue weighted by Crippen LogP contribution is -2.36. The molecule has 5 heteroatoms. The number of H-pyrrole nitrogens is 1. The van der Waals surface area contributed by atoms with Gasteiger partial charge in [0.1, 0.15) is 5.82 Å². The van der Waals surface area contributed by atoms with Gasteiger partial charge >= 0.3 is 0 Å². The van der Waals surface area contributed by atoms with Crippen molar-refractivity contribution in [1.82, 2.24) is 15.3 Å². The molecule has 1 aromatic carbocycles. The molecule has 1 aliphatic carbocycles. The van der Waals surface area contributed by atoms with Crippen LogP contribution in [0.1, 0.15) is 50.9 Å². The van der Waals surface area contributed by atoms with Crippen molar-refractivity contribution in [2.75, 3.05) is 0 Å². The Labute approximate surface area is 123 Å². The lowest BCUT2D eigenvalue weighted by atomic mass is 9.97. The second kappa shape index (κ2) is 5.48. The molecule has 0 saturated heterocycles. The van der Waals surface area contributed by atoms with E-state index < -0.39 is 5.60 Å². The van der Waals surface area contributed by atoms with Crippen LogP contribution in [0.4, 0.5) is 0 Å². The Morgan fingerprint density at radius 2 is 2.14 bits per heavy atom. The third-order valence-corrected chi connectivity index (χ3v) is 4.22. The van der Waals surface area contributed by atoms with E-state index in [4.69, 9.17) is 0 Å². The van der Waals surface area contributed by atoms with Gasteiger partial charge in [-0.05, 0) is 31.9 Å². The number of carbonyl (C=O) groups is 1. The van der Waals surface area contributed by atoms with Crippen molar-refractivity contribution in [2.24, 2.45) is 0 Å². The summed E-state index contributed by atoms with van der Waals surface area (Å²) in [5, 5.41) is 13.2. The summed E-state index contributed by atoms with van der Waals surface area (Å²) >= 11 is 0. The lowest BCUT2D eigenvalue weighted by molar-refractivity contribution is -0.126. The fraction of sp³-hybridized carbons (Fsp3) is 0.500. The number of hydrogen-bond donors (Lipinski definition) is 3. The molecular weight excluding hydrogens is 266 g/mol. The maximum absolute atomic E-state index is 12.1. The monoisotopic (exact) mass is 287 g/mol. The first-order valence-corrected chi connectivity index (χ1v) is 7.52. The molecule has 1 aromatic heterocycles. The molecule has 0 unspecified atom stereocenters. The van der Waals surface area contributed by atoms with E-state index in [9.17, 15) is 9.90 Å². The van der Waals surface area contributed by atoms with Crippen LogP contribution in [-0.2, 0) is 4.79 Å². The van der Waals surface area contributed by atoms with E-state index in [1.807, 2.05) is 31.2 Å². The molecule has 1 heterocycles. The largest absolute Gasteiger partial charge is 0.389 e. The number of aliphatic hydroxyl groups is 1. The van der Waals surface area contributed by atoms with Gasteiger partial charge in [-0.15, -0.1) is 0 Å². The maximum Gasteiger partial charge on any atom is 0.223 e. The van der Waals surface area contributed by atoms with Gasteiger partial charge in [-0.25, -0.2) is 4.98 Å². The minimum atomic E-state index is -0.808. The number of aromatic amines is 1. The highest BCUT2D eigenvalue weighted by Gasteiger charge is 2.33. The maximum atomic E-state index is 12.1. The summed E-state index contributed by atoms with van der Waals surface area (Å²) in [6.07, 6.45) is 3.63. The van der Waals surface area contributed by atoms with Crippen molar-refractivity contribution in [1.29, 1.82) is 0 Å². The van der Waals surface area contributed by atoms with Gasteiger partial charge in [0.05, 0.1) is 29.1 Å². The quantitative estimate of drug-likeness (QED) is 0.808. The highest BCUT2D eigenvalue weighted by Crippen LogP contribution is 2.32. The van der Waals surface area contributed by atoms with Gasteiger partial charge in [0.25, 0.3) is 0 Å². The third kappa shape index (κ3) is 3.08. The molecule has 2 aromatic rings. The number of benzene rings is 1. The van der Waals surface area contributed by atoms with Crippen LogP contribution in [-0.4, -0.2) is 26.6 Å². The summed E-state index contributed by atoms with van der Waals surface area (Å²) < 4.78 is 0. The summed E-state index contributed by atoms with van der Waals surface area (Å²) in [5.41, 5.74) is 1.04. The minimum Gasteiger partial charge on any atom is -0.389 e. The molecule has 1 aliphatic rings. The molecular formula is C16H21N3O2. The molecule has 0 bridgehead atoms. The summed E-state index contributed by atoms with van der Waals surface area (Å²) in [7, 11) is 0. The van der Waals surface area contributed by atoms with Crippen LogP contribution in [0.25, 0.3) is 11.0 Å². The van der Waals surface area contributed by atoms with Crippen molar-refractivity contribution >= 4 is 16.9 Å². The van der Waals surface area contributed by atoms with Gasteiger partial charge in [0.15, 0.2) is 0 Å². The van der Waals surface area contributed by atoms with Crippen LogP contribution in [0.2, 0.25) is 0 Å². The van der Waals surface area contributed by atoms with E-state index in [1.54, 1.807) is 0 Å². The number of carbonyl (C=O) groups excluding carboxylic acids is 1. The van der Waals surface area contributed by atoms with Crippen molar-refractivity contribution in [3.8, 4) is 0 Å². The molecule has 3 N–H and O–H groups in total. The van der Waals surface area contributed by atoms with E-state index in [2.05, 4.69) is 15.3 Å². The van der Waals surface area contributed by atoms with Gasteiger partial charge in [0.2, 0.25) is 5.91 Å². The standard InChI is InChI=1S/C16H21N3O2/c1-11(15-18-12-6-2-3-7-13(12)19-15)17-14(20)10-16(21)8-4-5-9-16/h2-3,6-7,11,21H,4-5,8-10H2,1H3,(H,17,20)(H,18,19)/t11-/m0/s1. The summed E-state index contributed by atoms with van der Waals surface area (Å²) in [6.45, 7) is 1.90. The van der Waals surface area contributed by atoms with Crippen LogP contribution in [0.15, 0.2) is 24.3 Å². The van der Waals surface area contributed by atoms with E-state index in [-0.39, 0.29) is 18.4 Å². The lowest BCUT2D eigenvalue weighted by Gasteiger charge is -2.22. The van der Waals surface area contributed by atoms with E-state index >= 15 is 0 Å². The number of hydrogen-bond acceptors (Lipinski definition) is 3. The molecule has 3 rings (SSSR count). The Morgan fingerprint density at radius 1 is 1.43 bits per heavy atom. The highest BCUT2D eigenvalue weighted by atomic mass is 16.3. The molecule has 1 atom stereocenters. The zero-order chi connectivity index (χ0) is 14.9. The number of aromatic nitrogens is 2. The first-order valence-electron chi connectivity index (χ1n) is 7.52. The molecule has 112 valence electrons. The zero-order valence-corrected chi connectivity index (χ0v) is 12.2. The number of nitrogens with one attached hydrogen (secondary N) is 2. The van der Waals surface area contributed by atoms with Crippen molar-refractivity contribution in [3.05, 3.63) is 30.1 Å². The normalized spacial score (nSPS) is 18.8. The van der Waals surface area contributed by atoms with Crippen molar-refractivity contribution in [3.63, 3.8) is 0 Å². The Kier molecular flexibility index (Phi) is 3.68. The van der Waals surface area contributed by atoms with E-state index in [0.717, 1.165) is 42.5 Å². The Morgan fingerprint density at radius 3 is 2.86 bits per heavy atom. The Balaban J connectivity index is 1.65. The molecule has 0 spiro atoms. The van der Waals surface area contributed by atoms with Crippen molar-refractivity contribution in [2.45, 2.75) is 50.7 Å². The number of imidazole rings is 1. The molecule has 1 amide bonds. The van der Waals surface area contributed by atoms with Gasteiger partial charge in [-0.1, -0.05) is 25.0 Å². The smallest absolute Gasteiger partial charge is 0.223 e. The van der Waals surface area contributed by atoms with Crippen molar-refractivity contribution < 1.29 is 9.90 Å². The predicted octanol–water partition coefficient (Wildman–Crippen LogP) is 2.44. The summed E-state index contributed by atoms with van der Waals surface area (Å²) in [6, 6.07) is 7.58. The fourth-order valence-electron chi connectivity index (χ4n) is 3.05. The summed E-state index contributed by atoms with van der Waals surface area (Å²) in [5.74, 6) is 0.621. The van der Waals surface area contributed by atoms with Crippen LogP contribution < -0.4 is 5.32 Å². The number of rotatable bonds is 4. The molecule has 21 heavy (non-hydrogen) atoms. The summed E-state index contributed by atoms with van der Waals surface area (Å²) in [4.78, 5) is 19.8. The van der Waals surface area contributed by atoms with Gasteiger partial charge < -0.3 is 15.4 Å². The second-order valence-electron chi connectivity index (χ2n) is 6.04. The SMILES string of the molecule is C[C@H](NC(=O)CC1(O)CCCC1)c1nc2ccccc2[nH]1. The predicted molar refractivity (Wildman–Crippen MR) is 80.7 cm³/mol. The first-order chi connectivity index (χ1) is 10.1. The molecule has 1 saturated carbocycles. The number of nitrogens with zero attached hydrogens (tertiary/aromatic N) is 1. The fourth-order valence-corrected chi connectivity index (χ4v) is 3.05. The number of fused-ring (bicyclic) bond motifs is 1. The molecule has 0 aliphatic heterocycles. The van der Waals surface area contributed by atoms with E-state index in [0.29, 0.717) is 0 Å². The van der Waals surface area contributed by atoms with Gasteiger partial charge in [-0.2, -0.15) is 0 Å². The first kappa shape index (κ1) is 14.1. The van der Waals surface area contributed by atoms with E-state index in [1.165, 1.54) is 0 Å². The average Bonchev–Trinajstić information content (AvgIpc) is 3.04. The highest BCUT2D eigenvalue weighted by molar-refractivity contribution is 5.78. The number of para-hydroxylation sites is 2. The van der Waals surface area contributed by atoms with Crippen LogP contribution in [0.3, 0.4) is 0 Å². The third-order valence-electron chi connectivity index (χ3n) is 4.22. The van der Waals surface area contributed by atoms with Crippen LogP contribution >= 0.6 is 0 Å². The minimum absolute atomic E-state index is 0.118. The van der Waals surface area contributed by atoms with Crippen LogP contribution in [0.5, 0.6) is 0 Å². The van der Waals surface area contributed by atoms with Crippen LogP contribution in [0, 0.1) is 0 Å². The Hall–Kier alpha value is -1.88. The topological polar surface area (TPSA) is 78.0 Å². The second-order valence-corrected chi connectivity index (χ2v) is 6.04. The molecule has 5 nitrogen and oxygen atoms in total. The van der Waals surface area contributed by atoms with Gasteiger partial charge in [-0.3, -0.25) is 4.79 Å². The molecule has 0 radical (unpaired) electrons. The van der Waals surface area contributed by atoms with Gasteiger partial charge in [0, 0.05) is 0 Å². The number of amides is 1.